The van der Waals surface area contributed by atoms with Crippen molar-refractivity contribution in [3.63, 3.8) is 0 Å². The van der Waals surface area contributed by atoms with Crippen LogP contribution in [-0.4, -0.2) is 14.9 Å². The van der Waals surface area contributed by atoms with Crippen LogP contribution in [0.3, 0.4) is 0 Å². The van der Waals surface area contributed by atoms with E-state index < -0.39 is 0 Å². The minimum Gasteiger partial charge on any atom is -0.488 e. The number of nitrogens with zero attached hydrogens (tertiary/aromatic N) is 2. The number of benzene rings is 4. The van der Waals surface area contributed by atoms with Crippen LogP contribution in [0.1, 0.15) is 11.1 Å². The van der Waals surface area contributed by atoms with Gasteiger partial charge >= 0.3 is 0 Å². The number of nitrogens with one attached hydrogen (secondary N) is 2. The Bertz CT molecular complexity index is 1460. The summed E-state index contributed by atoms with van der Waals surface area (Å²) < 4.78 is 22.4. The zero-order valence-electron chi connectivity index (χ0n) is 17.7. The van der Waals surface area contributed by atoms with Gasteiger partial charge in [-0.05, 0) is 35.1 Å². The molecule has 0 spiro atoms. The number of hydrogen-bond acceptors (Lipinski definition) is 4. The van der Waals surface area contributed by atoms with Crippen LogP contribution in [0.25, 0.3) is 22.2 Å². The van der Waals surface area contributed by atoms with Crippen LogP contribution in [0.5, 0.6) is 5.75 Å². The van der Waals surface area contributed by atoms with Gasteiger partial charge in [0, 0.05) is 16.7 Å². The predicted octanol–water partition coefficient (Wildman–Crippen LogP) is 6.22. The van der Waals surface area contributed by atoms with Crippen molar-refractivity contribution in [1.82, 2.24) is 14.9 Å². The first-order valence-corrected chi connectivity index (χ1v) is 10.9. The summed E-state index contributed by atoms with van der Waals surface area (Å²) in [6, 6.07) is 28.5. The molecule has 7 heteroatoms. The third-order valence-corrected chi connectivity index (χ3v) is 5.73. The molecule has 0 atom stereocenters. The Morgan fingerprint density at radius 2 is 1.67 bits per heavy atom. The van der Waals surface area contributed by atoms with Crippen molar-refractivity contribution in [3.8, 4) is 17.1 Å². The molecular weight excluding hydrogens is 435 g/mol. The highest BCUT2D eigenvalue weighted by Gasteiger charge is 2.13. The van der Waals surface area contributed by atoms with Crippen LogP contribution in [0, 0.1) is 10.6 Å². The van der Waals surface area contributed by atoms with E-state index in [2.05, 4.69) is 27.8 Å². The highest BCUT2D eigenvalue weighted by Crippen LogP contribution is 2.29. The summed E-state index contributed by atoms with van der Waals surface area (Å²) in [6.45, 7) is 0.569. The van der Waals surface area contributed by atoms with Crippen molar-refractivity contribution in [2.45, 2.75) is 13.2 Å². The lowest BCUT2D eigenvalue weighted by atomic mass is 10.0. The summed E-state index contributed by atoms with van der Waals surface area (Å²) >= 11 is 5.46. The smallest absolute Gasteiger partial charge is 0.214 e. The van der Waals surface area contributed by atoms with Gasteiger partial charge in [0.2, 0.25) is 4.77 Å². The normalized spacial score (nSPS) is 10.9. The van der Waals surface area contributed by atoms with Gasteiger partial charge in [0.1, 0.15) is 18.2 Å². The van der Waals surface area contributed by atoms with E-state index in [1.165, 1.54) is 6.07 Å². The first-order valence-electron chi connectivity index (χ1n) is 10.5. The molecule has 0 aliphatic carbocycles. The maximum absolute atomic E-state index is 14.1. The second kappa shape index (κ2) is 9.26. The largest absolute Gasteiger partial charge is 0.488 e. The monoisotopic (exact) mass is 456 g/mol. The quantitative estimate of drug-likeness (QED) is 0.285. The summed E-state index contributed by atoms with van der Waals surface area (Å²) in [5.74, 6) is 1.09. The van der Waals surface area contributed by atoms with E-state index in [9.17, 15) is 4.39 Å². The van der Waals surface area contributed by atoms with E-state index in [0.29, 0.717) is 28.5 Å². The van der Waals surface area contributed by atoms with Crippen molar-refractivity contribution in [2.24, 2.45) is 0 Å². The molecule has 5 aromatic rings. The Hall–Kier alpha value is -3.97. The zero-order chi connectivity index (χ0) is 22.6. The highest BCUT2D eigenvalue weighted by molar-refractivity contribution is 7.71. The molecule has 0 radical (unpaired) electrons. The maximum Gasteiger partial charge on any atom is 0.214 e. The Morgan fingerprint density at radius 3 is 2.52 bits per heavy atom. The fraction of sp³-hybridized carbons (Fsp3) is 0.0769. The van der Waals surface area contributed by atoms with E-state index >= 15 is 0 Å². The molecule has 0 fully saturated rings. The van der Waals surface area contributed by atoms with E-state index in [0.717, 1.165) is 21.9 Å². The first-order chi connectivity index (χ1) is 16.2. The second-order valence-corrected chi connectivity index (χ2v) is 7.92. The lowest BCUT2D eigenvalue weighted by molar-refractivity contribution is 0.297. The minimum atomic E-state index is -0.282. The summed E-state index contributed by atoms with van der Waals surface area (Å²) in [4.78, 5) is 0. The number of fused-ring (bicyclic) bond motifs is 1. The molecule has 1 aromatic heterocycles. The van der Waals surface area contributed by atoms with Gasteiger partial charge < -0.3 is 10.2 Å². The van der Waals surface area contributed by atoms with Gasteiger partial charge in [-0.1, -0.05) is 78.9 Å². The van der Waals surface area contributed by atoms with Crippen LogP contribution in [-0.2, 0) is 13.2 Å². The molecule has 1 heterocycles. The molecule has 0 amide bonds. The summed E-state index contributed by atoms with van der Waals surface area (Å²) in [5, 5.41) is 9.37. The lowest BCUT2D eigenvalue weighted by Gasteiger charge is -2.17. The van der Waals surface area contributed by atoms with Crippen LogP contribution < -0.4 is 10.2 Å². The number of aromatic nitrogens is 3. The van der Waals surface area contributed by atoms with Crippen molar-refractivity contribution >= 4 is 23.0 Å². The Kier molecular flexibility index (Phi) is 5.87. The van der Waals surface area contributed by atoms with Crippen LogP contribution in [0.4, 0.5) is 4.39 Å². The number of hydrogen-bond donors (Lipinski definition) is 2. The van der Waals surface area contributed by atoms with Gasteiger partial charge in [-0.25, -0.2) is 14.2 Å². The molecule has 164 valence electrons. The van der Waals surface area contributed by atoms with Crippen LogP contribution in [0.15, 0.2) is 91.0 Å². The van der Waals surface area contributed by atoms with Gasteiger partial charge in [0.15, 0.2) is 5.82 Å². The third-order valence-electron chi connectivity index (χ3n) is 5.46. The maximum atomic E-state index is 14.1. The van der Waals surface area contributed by atoms with Crippen molar-refractivity contribution in [1.29, 1.82) is 0 Å². The van der Waals surface area contributed by atoms with Gasteiger partial charge in [0.05, 0.1) is 6.54 Å². The lowest BCUT2D eigenvalue weighted by Crippen LogP contribution is -2.17. The number of ether oxygens (including phenoxy) is 1. The Morgan fingerprint density at radius 1 is 0.909 bits per heavy atom. The Balaban J connectivity index is 1.48. The molecule has 0 bridgehead atoms. The Labute approximate surface area is 195 Å². The molecule has 5 nitrogen and oxygen atoms in total. The third kappa shape index (κ3) is 4.36. The fourth-order valence-corrected chi connectivity index (χ4v) is 3.98. The molecule has 4 aromatic carbocycles. The van der Waals surface area contributed by atoms with Gasteiger partial charge in [0.25, 0.3) is 0 Å². The van der Waals surface area contributed by atoms with E-state index in [-0.39, 0.29) is 12.4 Å². The number of aromatic amines is 1. The fourth-order valence-electron chi connectivity index (χ4n) is 3.79. The molecule has 0 aliphatic rings. The van der Waals surface area contributed by atoms with Crippen molar-refractivity contribution in [2.75, 3.05) is 5.43 Å². The molecule has 33 heavy (non-hydrogen) atoms. The second-order valence-electron chi connectivity index (χ2n) is 7.53. The predicted molar refractivity (Wildman–Crippen MR) is 131 cm³/mol. The van der Waals surface area contributed by atoms with E-state index in [4.69, 9.17) is 17.0 Å². The van der Waals surface area contributed by atoms with E-state index in [1.807, 2.05) is 54.6 Å². The molecule has 5 rings (SSSR count). The van der Waals surface area contributed by atoms with Gasteiger partial charge in [-0.15, -0.1) is 0 Å². The molecule has 0 unspecified atom stereocenters. The number of rotatable bonds is 7. The standard InChI is InChI=1S/C26H21FN4OS/c27-23-13-7-5-11-20(23)17-32-24-15-14-18-8-4-6-12-21(18)22(24)16-28-31-25(29-30-26(31)33)19-9-2-1-3-10-19/h1-15,28H,16-17H2,(H,30,33). The molecular formula is C26H21FN4OS. The minimum absolute atomic E-state index is 0.137. The van der Waals surface area contributed by atoms with E-state index in [1.54, 1.807) is 22.9 Å². The number of H-pyrrole nitrogens is 1. The van der Waals surface area contributed by atoms with Crippen molar-refractivity contribution in [3.05, 3.63) is 113 Å². The van der Waals surface area contributed by atoms with Gasteiger partial charge in [-0.3, -0.25) is 0 Å². The average molecular weight is 457 g/mol. The molecule has 0 saturated heterocycles. The SMILES string of the molecule is Fc1ccccc1COc1ccc2ccccc2c1CNn1c(-c2ccccc2)n[nH]c1=S. The van der Waals surface area contributed by atoms with Crippen LogP contribution >= 0.6 is 12.2 Å². The first kappa shape index (κ1) is 20.9. The topological polar surface area (TPSA) is 54.9 Å². The zero-order valence-corrected chi connectivity index (χ0v) is 18.5. The average Bonchev–Trinajstić information content (AvgIpc) is 3.23. The summed E-state index contributed by atoms with van der Waals surface area (Å²) in [6.07, 6.45) is 0. The molecule has 2 N–H and O–H groups in total. The molecule has 0 saturated carbocycles. The number of halogens is 1. The summed E-state index contributed by atoms with van der Waals surface area (Å²) in [7, 11) is 0. The highest BCUT2D eigenvalue weighted by atomic mass is 32.1. The van der Waals surface area contributed by atoms with Crippen molar-refractivity contribution < 1.29 is 9.13 Å². The summed E-state index contributed by atoms with van der Waals surface area (Å²) in [5.41, 5.74) is 5.78. The molecule has 0 aliphatic heterocycles. The van der Waals surface area contributed by atoms with Gasteiger partial charge in [-0.2, -0.15) is 5.10 Å². The van der Waals surface area contributed by atoms with Crippen LogP contribution in [0.2, 0.25) is 0 Å².